The number of carbonyl (C=O) groups excluding carboxylic acids is 1. The van der Waals surface area contributed by atoms with Crippen LogP contribution < -0.4 is 10.4 Å². The van der Waals surface area contributed by atoms with Crippen LogP contribution >= 0.6 is 0 Å². The monoisotopic (exact) mass is 396 g/mol. The van der Waals surface area contributed by atoms with Crippen molar-refractivity contribution in [2.45, 2.75) is 52.2 Å². The number of hydrogen-bond donors (Lipinski definition) is 0. The van der Waals surface area contributed by atoms with E-state index in [0.29, 0.717) is 6.61 Å². The van der Waals surface area contributed by atoms with Gasteiger partial charge in [-0.05, 0) is 29.3 Å². The van der Waals surface area contributed by atoms with Gasteiger partial charge in [-0.3, -0.25) is 4.79 Å². The second-order valence-corrected chi connectivity index (χ2v) is 12.1. The molecule has 0 saturated carbocycles. The number of rotatable bonds is 8. The SMILES string of the molecule is C/C=C/C(CC(=O)OCC)O[Si](c1ccccc1)(c1ccccc1)C(C)(C)C. The van der Waals surface area contributed by atoms with Gasteiger partial charge in [0.1, 0.15) is 0 Å². The van der Waals surface area contributed by atoms with Gasteiger partial charge in [-0.1, -0.05) is 93.6 Å². The molecule has 0 aliphatic carbocycles. The van der Waals surface area contributed by atoms with Crippen LogP contribution in [0.15, 0.2) is 72.8 Å². The van der Waals surface area contributed by atoms with Crippen molar-refractivity contribution in [1.29, 1.82) is 0 Å². The number of esters is 1. The second kappa shape index (κ2) is 9.85. The average Bonchev–Trinajstić information content (AvgIpc) is 2.66. The summed E-state index contributed by atoms with van der Waals surface area (Å²) in [6, 6.07) is 20.9. The van der Waals surface area contributed by atoms with Gasteiger partial charge in [-0.2, -0.15) is 0 Å². The molecule has 0 amide bonds. The van der Waals surface area contributed by atoms with Crippen molar-refractivity contribution in [2.75, 3.05) is 6.61 Å². The first-order chi connectivity index (χ1) is 13.3. The number of carbonyl (C=O) groups is 1. The molecule has 0 aliphatic heterocycles. The lowest BCUT2D eigenvalue weighted by Gasteiger charge is -2.44. The van der Waals surface area contributed by atoms with E-state index < -0.39 is 8.32 Å². The summed E-state index contributed by atoms with van der Waals surface area (Å²) < 4.78 is 12.2. The van der Waals surface area contributed by atoms with E-state index >= 15 is 0 Å². The van der Waals surface area contributed by atoms with Crippen LogP contribution in [0.2, 0.25) is 5.04 Å². The molecule has 0 saturated heterocycles. The fourth-order valence-electron chi connectivity index (χ4n) is 3.67. The summed E-state index contributed by atoms with van der Waals surface area (Å²) in [6.07, 6.45) is 3.79. The van der Waals surface area contributed by atoms with Gasteiger partial charge in [-0.15, -0.1) is 0 Å². The maximum absolute atomic E-state index is 12.2. The number of ether oxygens (including phenoxy) is 1. The minimum Gasteiger partial charge on any atom is -0.466 e. The largest absolute Gasteiger partial charge is 0.466 e. The molecule has 0 spiro atoms. The summed E-state index contributed by atoms with van der Waals surface area (Å²) >= 11 is 0. The molecule has 0 radical (unpaired) electrons. The Labute approximate surface area is 170 Å². The zero-order chi connectivity index (χ0) is 20.6. The molecule has 28 heavy (non-hydrogen) atoms. The average molecular weight is 397 g/mol. The summed E-state index contributed by atoms with van der Waals surface area (Å²) in [5, 5.41) is 2.27. The van der Waals surface area contributed by atoms with Crippen LogP contribution in [0, 0.1) is 0 Å². The maximum Gasteiger partial charge on any atom is 0.308 e. The van der Waals surface area contributed by atoms with E-state index in [-0.39, 0.29) is 23.5 Å². The predicted molar refractivity (Wildman–Crippen MR) is 119 cm³/mol. The van der Waals surface area contributed by atoms with Gasteiger partial charge in [0.15, 0.2) is 0 Å². The quantitative estimate of drug-likeness (QED) is 0.375. The molecule has 4 heteroatoms. The zero-order valence-corrected chi connectivity index (χ0v) is 18.6. The van der Waals surface area contributed by atoms with Crippen molar-refractivity contribution < 1.29 is 14.0 Å². The topological polar surface area (TPSA) is 35.5 Å². The zero-order valence-electron chi connectivity index (χ0n) is 17.6. The van der Waals surface area contributed by atoms with Gasteiger partial charge in [0.2, 0.25) is 0 Å². The number of benzene rings is 2. The van der Waals surface area contributed by atoms with E-state index in [9.17, 15) is 4.79 Å². The summed E-state index contributed by atoms with van der Waals surface area (Å²) in [4.78, 5) is 12.2. The minimum atomic E-state index is -2.70. The summed E-state index contributed by atoms with van der Waals surface area (Å²) in [5.74, 6) is -0.233. The number of hydrogen-bond acceptors (Lipinski definition) is 3. The van der Waals surface area contributed by atoms with E-state index in [0.717, 1.165) is 0 Å². The molecule has 0 fully saturated rings. The Morgan fingerprint density at radius 3 is 1.89 bits per heavy atom. The first-order valence-corrected chi connectivity index (χ1v) is 11.8. The summed E-state index contributed by atoms with van der Waals surface area (Å²) in [7, 11) is -2.70. The lowest BCUT2D eigenvalue weighted by molar-refractivity contribution is -0.144. The lowest BCUT2D eigenvalue weighted by atomic mass is 10.2. The molecule has 0 aromatic heterocycles. The third-order valence-corrected chi connectivity index (χ3v) is 9.89. The van der Waals surface area contributed by atoms with Gasteiger partial charge >= 0.3 is 5.97 Å². The normalized spacial score (nSPS) is 13.5. The van der Waals surface area contributed by atoms with Gasteiger partial charge in [0.05, 0.1) is 19.1 Å². The molecular weight excluding hydrogens is 364 g/mol. The van der Waals surface area contributed by atoms with Crippen molar-refractivity contribution in [3.05, 3.63) is 72.8 Å². The molecule has 1 unspecified atom stereocenters. The Hall–Kier alpha value is -2.17. The molecule has 1 atom stereocenters. The molecule has 0 N–H and O–H groups in total. The van der Waals surface area contributed by atoms with Crippen molar-refractivity contribution in [3.8, 4) is 0 Å². The van der Waals surface area contributed by atoms with Gasteiger partial charge in [-0.25, -0.2) is 0 Å². The molecule has 0 heterocycles. The Kier molecular flexibility index (Phi) is 7.78. The smallest absolute Gasteiger partial charge is 0.308 e. The second-order valence-electron chi connectivity index (χ2n) is 7.85. The van der Waals surface area contributed by atoms with E-state index in [1.54, 1.807) is 0 Å². The third kappa shape index (κ3) is 5.00. The van der Waals surface area contributed by atoms with Crippen LogP contribution in [0.4, 0.5) is 0 Å². The Morgan fingerprint density at radius 1 is 1.00 bits per heavy atom. The molecule has 2 aromatic carbocycles. The van der Waals surface area contributed by atoms with E-state index in [1.165, 1.54) is 10.4 Å². The van der Waals surface area contributed by atoms with Crippen molar-refractivity contribution in [3.63, 3.8) is 0 Å². The highest BCUT2D eigenvalue weighted by atomic mass is 28.4. The van der Waals surface area contributed by atoms with Crippen molar-refractivity contribution in [1.82, 2.24) is 0 Å². The van der Waals surface area contributed by atoms with Crippen molar-refractivity contribution >= 4 is 24.7 Å². The van der Waals surface area contributed by atoms with Crippen LogP contribution in [-0.2, 0) is 14.0 Å². The van der Waals surface area contributed by atoms with E-state index in [2.05, 4.69) is 69.3 Å². The molecule has 3 nitrogen and oxygen atoms in total. The Bertz CT molecular complexity index is 724. The van der Waals surface area contributed by atoms with Crippen molar-refractivity contribution in [2.24, 2.45) is 0 Å². The maximum atomic E-state index is 12.2. The lowest BCUT2D eigenvalue weighted by Crippen LogP contribution is -2.67. The molecule has 0 aliphatic rings. The number of allylic oxidation sites excluding steroid dienone is 1. The van der Waals surface area contributed by atoms with Crippen LogP contribution in [-0.4, -0.2) is 27.0 Å². The summed E-state index contributed by atoms with van der Waals surface area (Å²) in [6.45, 7) is 10.8. The molecule has 150 valence electrons. The standard InChI is InChI=1S/C24H32O3Si/c1-6-14-20(19-23(25)26-7-2)27-28(24(3,4)5,21-15-10-8-11-16-21)22-17-12-9-13-18-22/h6,8-18,20H,7,19H2,1-5H3/b14-6+. The van der Waals surface area contributed by atoms with Crippen LogP contribution in [0.1, 0.15) is 41.0 Å². The Balaban J connectivity index is 2.61. The molecular formula is C24H32O3Si. The highest BCUT2D eigenvalue weighted by Gasteiger charge is 2.51. The van der Waals surface area contributed by atoms with E-state index in [1.807, 2.05) is 38.1 Å². The highest BCUT2D eigenvalue weighted by molar-refractivity contribution is 6.99. The molecule has 2 aromatic rings. The molecule has 0 bridgehead atoms. The van der Waals surface area contributed by atoms with Crippen LogP contribution in [0.5, 0.6) is 0 Å². The minimum absolute atomic E-state index is 0.135. The summed E-state index contributed by atoms with van der Waals surface area (Å²) in [5.41, 5.74) is 0. The Morgan fingerprint density at radius 2 is 1.50 bits per heavy atom. The fraction of sp³-hybridized carbons (Fsp3) is 0.375. The van der Waals surface area contributed by atoms with Gasteiger partial charge < -0.3 is 9.16 Å². The highest BCUT2D eigenvalue weighted by Crippen LogP contribution is 2.38. The first-order valence-electron chi connectivity index (χ1n) is 9.92. The van der Waals surface area contributed by atoms with Crippen LogP contribution in [0.3, 0.4) is 0 Å². The fourth-order valence-corrected chi connectivity index (χ4v) is 8.30. The van der Waals surface area contributed by atoms with Crippen LogP contribution in [0.25, 0.3) is 0 Å². The third-order valence-electron chi connectivity index (χ3n) is 4.83. The van der Waals surface area contributed by atoms with E-state index in [4.69, 9.17) is 9.16 Å². The predicted octanol–water partition coefficient (Wildman–Crippen LogP) is 4.46. The van der Waals surface area contributed by atoms with Gasteiger partial charge in [0.25, 0.3) is 8.32 Å². The first kappa shape index (κ1) is 22.1. The molecule has 2 rings (SSSR count). The van der Waals surface area contributed by atoms with Gasteiger partial charge in [0, 0.05) is 0 Å².